The molecule has 1 amide bonds. The molecule has 2 fully saturated rings. The van der Waals surface area contributed by atoms with E-state index in [1.54, 1.807) is 0 Å². The number of hydrogen-bond donors (Lipinski definition) is 0. The number of morpholine rings is 1. The van der Waals surface area contributed by atoms with Gasteiger partial charge in [0.05, 0.1) is 25.7 Å². The third-order valence-corrected chi connectivity index (χ3v) is 4.43. The maximum absolute atomic E-state index is 12.4. The van der Waals surface area contributed by atoms with Gasteiger partial charge < -0.3 is 14.4 Å². The van der Waals surface area contributed by atoms with E-state index < -0.39 is 0 Å². The van der Waals surface area contributed by atoms with E-state index in [-0.39, 0.29) is 17.9 Å². The predicted molar refractivity (Wildman–Crippen MR) is 78.3 cm³/mol. The molecule has 2 aliphatic heterocycles. The summed E-state index contributed by atoms with van der Waals surface area (Å²) >= 11 is 3.43. The Kier molecular flexibility index (Phi) is 4.38. The van der Waals surface area contributed by atoms with Crippen LogP contribution in [-0.2, 0) is 14.3 Å². The molecule has 0 N–H and O–H groups in total. The standard InChI is InChI=1S/C15H18BrNO3/c16-13-3-1-11(2-4-13)14-9-17(6-8-20-14)15(18)12-5-7-19-10-12/h1-4,12,14H,5-10H2. The van der Waals surface area contributed by atoms with E-state index in [0.717, 1.165) is 16.5 Å². The number of hydrogen-bond acceptors (Lipinski definition) is 3. The summed E-state index contributed by atoms with van der Waals surface area (Å²) in [5, 5.41) is 0. The number of carbonyl (C=O) groups excluding carboxylic acids is 1. The van der Waals surface area contributed by atoms with Crippen molar-refractivity contribution in [1.29, 1.82) is 0 Å². The van der Waals surface area contributed by atoms with Gasteiger partial charge in [0.1, 0.15) is 6.10 Å². The molecule has 5 heteroatoms. The molecule has 20 heavy (non-hydrogen) atoms. The molecule has 2 saturated heterocycles. The third kappa shape index (κ3) is 3.05. The quantitative estimate of drug-likeness (QED) is 0.830. The number of rotatable bonds is 2. The summed E-state index contributed by atoms with van der Waals surface area (Å²) in [6, 6.07) is 8.09. The Labute approximate surface area is 127 Å². The molecule has 0 aromatic heterocycles. The summed E-state index contributed by atoms with van der Waals surface area (Å²) < 4.78 is 12.2. The Morgan fingerprint density at radius 2 is 2.05 bits per heavy atom. The van der Waals surface area contributed by atoms with Crippen molar-refractivity contribution in [2.45, 2.75) is 12.5 Å². The van der Waals surface area contributed by atoms with Gasteiger partial charge in [-0.1, -0.05) is 28.1 Å². The molecule has 108 valence electrons. The molecule has 2 heterocycles. The van der Waals surface area contributed by atoms with Crippen LogP contribution >= 0.6 is 15.9 Å². The number of nitrogens with zero attached hydrogens (tertiary/aromatic N) is 1. The zero-order valence-electron chi connectivity index (χ0n) is 11.3. The van der Waals surface area contributed by atoms with Crippen molar-refractivity contribution >= 4 is 21.8 Å². The number of halogens is 1. The fourth-order valence-corrected chi connectivity index (χ4v) is 2.98. The lowest BCUT2D eigenvalue weighted by atomic mass is 10.0. The molecule has 2 unspecified atom stereocenters. The van der Waals surface area contributed by atoms with Crippen molar-refractivity contribution in [3.05, 3.63) is 34.3 Å². The van der Waals surface area contributed by atoms with Gasteiger partial charge in [0.25, 0.3) is 0 Å². The van der Waals surface area contributed by atoms with E-state index in [2.05, 4.69) is 15.9 Å². The van der Waals surface area contributed by atoms with Crippen molar-refractivity contribution in [1.82, 2.24) is 4.90 Å². The van der Waals surface area contributed by atoms with Crippen molar-refractivity contribution < 1.29 is 14.3 Å². The molecule has 0 aliphatic carbocycles. The molecular formula is C15H18BrNO3. The van der Waals surface area contributed by atoms with Gasteiger partial charge in [-0.25, -0.2) is 0 Å². The first-order chi connectivity index (χ1) is 9.74. The van der Waals surface area contributed by atoms with Gasteiger partial charge in [-0.05, 0) is 24.1 Å². The highest BCUT2D eigenvalue weighted by molar-refractivity contribution is 9.10. The van der Waals surface area contributed by atoms with Crippen molar-refractivity contribution in [3.8, 4) is 0 Å². The van der Waals surface area contributed by atoms with Crippen molar-refractivity contribution in [2.75, 3.05) is 32.9 Å². The maximum atomic E-state index is 12.4. The van der Waals surface area contributed by atoms with Crippen LogP contribution in [0.2, 0.25) is 0 Å². The summed E-state index contributed by atoms with van der Waals surface area (Å²) in [7, 11) is 0. The fraction of sp³-hybridized carbons (Fsp3) is 0.533. The minimum absolute atomic E-state index is 0.0249. The topological polar surface area (TPSA) is 38.8 Å². The molecule has 3 rings (SSSR count). The van der Waals surface area contributed by atoms with E-state index >= 15 is 0 Å². The molecular weight excluding hydrogens is 322 g/mol. The Morgan fingerprint density at radius 1 is 1.25 bits per heavy atom. The summed E-state index contributed by atoms with van der Waals surface area (Å²) in [5.41, 5.74) is 1.12. The third-order valence-electron chi connectivity index (χ3n) is 3.90. The van der Waals surface area contributed by atoms with Crippen LogP contribution in [-0.4, -0.2) is 43.7 Å². The Bertz CT molecular complexity index is 471. The lowest BCUT2D eigenvalue weighted by Crippen LogP contribution is -2.45. The average molecular weight is 340 g/mol. The van der Waals surface area contributed by atoms with Crippen LogP contribution in [0.3, 0.4) is 0 Å². The van der Waals surface area contributed by atoms with Crippen LogP contribution in [0, 0.1) is 5.92 Å². The van der Waals surface area contributed by atoms with Crippen LogP contribution < -0.4 is 0 Å². The lowest BCUT2D eigenvalue weighted by Gasteiger charge is -2.34. The van der Waals surface area contributed by atoms with Gasteiger partial charge in [0.2, 0.25) is 5.91 Å². The minimum Gasteiger partial charge on any atom is -0.381 e. The molecule has 0 radical (unpaired) electrons. The summed E-state index contributed by atoms with van der Waals surface area (Å²) in [5.74, 6) is 0.256. The number of carbonyl (C=O) groups is 1. The zero-order chi connectivity index (χ0) is 13.9. The molecule has 0 spiro atoms. The molecule has 0 saturated carbocycles. The second-order valence-corrected chi connectivity index (χ2v) is 6.17. The van der Waals surface area contributed by atoms with Gasteiger partial charge in [-0.3, -0.25) is 4.79 Å². The minimum atomic E-state index is -0.0249. The molecule has 1 aromatic carbocycles. The molecule has 0 bridgehead atoms. The van der Waals surface area contributed by atoms with Gasteiger partial charge in [0.15, 0.2) is 0 Å². The van der Waals surface area contributed by atoms with Crippen molar-refractivity contribution in [2.24, 2.45) is 5.92 Å². The summed E-state index contributed by atoms with van der Waals surface area (Å²) in [4.78, 5) is 14.3. The van der Waals surface area contributed by atoms with Crippen LogP contribution in [0.4, 0.5) is 0 Å². The van der Waals surface area contributed by atoms with Crippen LogP contribution in [0.15, 0.2) is 28.7 Å². The van der Waals surface area contributed by atoms with E-state index in [1.807, 2.05) is 29.2 Å². The highest BCUT2D eigenvalue weighted by atomic mass is 79.9. The first kappa shape index (κ1) is 14.0. The lowest BCUT2D eigenvalue weighted by molar-refractivity contribution is -0.143. The number of benzene rings is 1. The van der Waals surface area contributed by atoms with Gasteiger partial charge in [-0.2, -0.15) is 0 Å². The number of ether oxygens (including phenoxy) is 2. The number of amides is 1. The second kappa shape index (κ2) is 6.24. The fourth-order valence-electron chi connectivity index (χ4n) is 2.72. The summed E-state index contributed by atoms with van der Waals surface area (Å²) in [6.45, 7) is 3.19. The molecule has 4 nitrogen and oxygen atoms in total. The largest absolute Gasteiger partial charge is 0.381 e. The Hall–Kier alpha value is -0.910. The van der Waals surface area contributed by atoms with Gasteiger partial charge >= 0.3 is 0 Å². The van der Waals surface area contributed by atoms with E-state index in [1.165, 1.54) is 0 Å². The molecule has 1 aromatic rings. The molecule has 2 atom stereocenters. The van der Waals surface area contributed by atoms with Crippen molar-refractivity contribution in [3.63, 3.8) is 0 Å². The van der Waals surface area contributed by atoms with Gasteiger partial charge in [-0.15, -0.1) is 0 Å². The van der Waals surface area contributed by atoms with Crippen LogP contribution in [0.5, 0.6) is 0 Å². The van der Waals surface area contributed by atoms with E-state index in [4.69, 9.17) is 9.47 Å². The predicted octanol–water partition coefficient (Wildman–Crippen LogP) is 2.39. The SMILES string of the molecule is O=C(C1CCOC1)N1CCOC(c2ccc(Br)cc2)C1. The van der Waals surface area contributed by atoms with Crippen LogP contribution in [0.1, 0.15) is 18.1 Å². The Balaban J connectivity index is 1.66. The smallest absolute Gasteiger partial charge is 0.228 e. The van der Waals surface area contributed by atoms with Gasteiger partial charge in [0, 0.05) is 17.6 Å². The first-order valence-electron chi connectivity index (χ1n) is 6.97. The van der Waals surface area contributed by atoms with Crippen LogP contribution in [0.25, 0.3) is 0 Å². The van der Waals surface area contributed by atoms with E-state index in [0.29, 0.717) is 32.9 Å². The zero-order valence-corrected chi connectivity index (χ0v) is 12.8. The summed E-state index contributed by atoms with van der Waals surface area (Å²) in [6.07, 6.45) is 0.821. The monoisotopic (exact) mass is 339 g/mol. The second-order valence-electron chi connectivity index (χ2n) is 5.26. The molecule has 2 aliphatic rings. The van der Waals surface area contributed by atoms with E-state index in [9.17, 15) is 4.79 Å². The average Bonchev–Trinajstić information content (AvgIpc) is 3.01. The highest BCUT2D eigenvalue weighted by Gasteiger charge is 2.31. The highest BCUT2D eigenvalue weighted by Crippen LogP contribution is 2.25. The Morgan fingerprint density at radius 3 is 2.75 bits per heavy atom. The maximum Gasteiger partial charge on any atom is 0.228 e. The normalized spacial score (nSPS) is 26.8. The first-order valence-corrected chi connectivity index (χ1v) is 7.77.